The van der Waals surface area contributed by atoms with E-state index in [1.807, 2.05) is 0 Å². The maximum Gasteiger partial charge on any atom is 0.328 e. The fraction of sp³-hybridized carbons (Fsp3) is 0.250. The zero-order valence-corrected chi connectivity index (χ0v) is 6.90. The summed E-state index contributed by atoms with van der Waals surface area (Å²) in [5.74, 6) is -0.536. The number of aliphatic carboxylic acids is 1. The molecule has 0 amide bonds. The molecule has 70 valence electrons. The Morgan fingerprint density at radius 3 is 3.08 bits per heavy atom. The van der Waals surface area contributed by atoms with E-state index in [2.05, 4.69) is 9.97 Å². The molecule has 0 atom stereocenters. The lowest BCUT2D eigenvalue weighted by atomic mass is 10.4. The molecule has 0 spiro atoms. The number of carboxylic acids is 1. The first-order chi connectivity index (χ1) is 6.22. The molecule has 0 fully saturated rings. The van der Waals surface area contributed by atoms with Gasteiger partial charge in [0.1, 0.15) is 5.82 Å². The van der Waals surface area contributed by atoms with Gasteiger partial charge in [0.15, 0.2) is 0 Å². The molecule has 5 heteroatoms. The van der Waals surface area contributed by atoms with Gasteiger partial charge < -0.3 is 15.2 Å². The Bertz CT molecular complexity index is 317. The van der Waals surface area contributed by atoms with Crippen LogP contribution in [0.4, 0.5) is 0 Å². The smallest absolute Gasteiger partial charge is 0.328 e. The van der Waals surface area contributed by atoms with Crippen molar-refractivity contribution in [3.63, 3.8) is 0 Å². The molecular weight excluding hydrogens is 172 g/mol. The van der Waals surface area contributed by atoms with Gasteiger partial charge in [0.25, 0.3) is 0 Å². The standard InChI is InChI=1S/C8H10N2O3/c11-4-3-6-5-9-7(10-6)1-2-8(12)13/h1-2,5,11H,3-4H2,(H,9,10)(H,12,13). The van der Waals surface area contributed by atoms with E-state index in [0.29, 0.717) is 17.9 Å². The predicted molar refractivity (Wildman–Crippen MR) is 46.0 cm³/mol. The monoisotopic (exact) mass is 182 g/mol. The molecule has 1 aromatic heterocycles. The lowest BCUT2D eigenvalue weighted by Crippen LogP contribution is -1.90. The van der Waals surface area contributed by atoms with Gasteiger partial charge >= 0.3 is 5.97 Å². The van der Waals surface area contributed by atoms with E-state index in [1.165, 1.54) is 6.08 Å². The number of hydrogen-bond acceptors (Lipinski definition) is 3. The van der Waals surface area contributed by atoms with Gasteiger partial charge in [-0.25, -0.2) is 9.78 Å². The van der Waals surface area contributed by atoms with Crippen molar-refractivity contribution in [3.05, 3.63) is 23.8 Å². The van der Waals surface area contributed by atoms with Crippen LogP contribution in [0.1, 0.15) is 11.5 Å². The van der Waals surface area contributed by atoms with E-state index in [0.717, 1.165) is 6.08 Å². The van der Waals surface area contributed by atoms with E-state index in [1.54, 1.807) is 6.20 Å². The Balaban J connectivity index is 2.63. The molecular formula is C8H10N2O3. The van der Waals surface area contributed by atoms with E-state index < -0.39 is 5.97 Å². The van der Waals surface area contributed by atoms with Crippen LogP contribution in [0.15, 0.2) is 12.3 Å². The minimum atomic E-state index is -1.01. The first kappa shape index (κ1) is 9.47. The molecule has 0 unspecified atom stereocenters. The highest BCUT2D eigenvalue weighted by atomic mass is 16.4. The lowest BCUT2D eigenvalue weighted by Gasteiger charge is -1.86. The molecule has 0 radical (unpaired) electrons. The van der Waals surface area contributed by atoms with E-state index in [4.69, 9.17) is 10.2 Å². The van der Waals surface area contributed by atoms with Gasteiger partial charge in [0.05, 0.1) is 5.69 Å². The minimum absolute atomic E-state index is 0.0347. The normalized spacial score (nSPS) is 10.8. The molecule has 0 aliphatic heterocycles. The number of rotatable bonds is 4. The number of carbonyl (C=O) groups is 1. The van der Waals surface area contributed by atoms with Crippen molar-refractivity contribution in [2.45, 2.75) is 6.42 Å². The number of imidazole rings is 1. The van der Waals surface area contributed by atoms with Crippen molar-refractivity contribution in [2.24, 2.45) is 0 Å². The number of aliphatic hydroxyl groups is 1. The van der Waals surface area contributed by atoms with Crippen molar-refractivity contribution in [1.29, 1.82) is 0 Å². The van der Waals surface area contributed by atoms with Crippen LogP contribution in [0.2, 0.25) is 0 Å². The van der Waals surface area contributed by atoms with E-state index in [9.17, 15) is 4.79 Å². The molecule has 1 aromatic rings. The second-order valence-corrected chi connectivity index (χ2v) is 2.42. The second-order valence-electron chi connectivity index (χ2n) is 2.42. The molecule has 5 nitrogen and oxygen atoms in total. The van der Waals surface area contributed by atoms with Crippen molar-refractivity contribution >= 4 is 12.0 Å². The number of nitrogens with zero attached hydrogens (tertiary/aromatic N) is 1. The second kappa shape index (κ2) is 4.42. The van der Waals surface area contributed by atoms with E-state index in [-0.39, 0.29) is 6.61 Å². The maximum atomic E-state index is 10.1. The average Bonchev–Trinajstić information content (AvgIpc) is 2.50. The summed E-state index contributed by atoms with van der Waals surface area (Å²) in [7, 11) is 0. The van der Waals surface area contributed by atoms with Crippen LogP contribution in [0.5, 0.6) is 0 Å². The minimum Gasteiger partial charge on any atom is -0.478 e. The summed E-state index contributed by atoms with van der Waals surface area (Å²) in [6.07, 6.45) is 4.47. The summed E-state index contributed by atoms with van der Waals surface area (Å²) in [6.45, 7) is 0.0347. The third-order valence-electron chi connectivity index (χ3n) is 1.40. The van der Waals surface area contributed by atoms with Crippen LogP contribution in [-0.2, 0) is 11.2 Å². The van der Waals surface area contributed by atoms with Crippen LogP contribution in [0.25, 0.3) is 6.08 Å². The number of aromatic nitrogens is 2. The maximum absolute atomic E-state index is 10.1. The predicted octanol–water partition coefficient (Wildman–Crippen LogP) is 0.0423. The van der Waals surface area contributed by atoms with Gasteiger partial charge in [-0.1, -0.05) is 0 Å². The topological polar surface area (TPSA) is 86.2 Å². The molecule has 0 saturated heterocycles. The van der Waals surface area contributed by atoms with Crippen molar-refractivity contribution < 1.29 is 15.0 Å². The zero-order valence-electron chi connectivity index (χ0n) is 6.90. The van der Waals surface area contributed by atoms with Gasteiger partial charge in [0, 0.05) is 25.3 Å². The molecule has 0 aliphatic rings. The fourth-order valence-electron chi connectivity index (χ4n) is 0.855. The van der Waals surface area contributed by atoms with Crippen LogP contribution in [0, 0.1) is 0 Å². The SMILES string of the molecule is O=C(O)C=Cc1nc(CCO)c[nH]1. The van der Waals surface area contributed by atoms with Gasteiger partial charge in [0.2, 0.25) is 0 Å². The molecule has 0 bridgehead atoms. The van der Waals surface area contributed by atoms with Gasteiger partial charge in [-0.05, 0) is 6.08 Å². The Hall–Kier alpha value is -1.62. The Morgan fingerprint density at radius 1 is 1.69 bits per heavy atom. The summed E-state index contributed by atoms with van der Waals surface area (Å²) in [5.41, 5.74) is 0.715. The summed E-state index contributed by atoms with van der Waals surface area (Å²) >= 11 is 0. The van der Waals surface area contributed by atoms with Gasteiger partial charge in [-0.3, -0.25) is 0 Å². The summed E-state index contributed by atoms with van der Waals surface area (Å²) in [5, 5.41) is 16.9. The van der Waals surface area contributed by atoms with Crippen LogP contribution < -0.4 is 0 Å². The number of aliphatic hydroxyl groups excluding tert-OH is 1. The van der Waals surface area contributed by atoms with Crippen molar-refractivity contribution in [2.75, 3.05) is 6.61 Å². The van der Waals surface area contributed by atoms with Crippen molar-refractivity contribution in [1.82, 2.24) is 9.97 Å². The molecule has 13 heavy (non-hydrogen) atoms. The average molecular weight is 182 g/mol. The highest BCUT2D eigenvalue weighted by Crippen LogP contribution is 1.99. The highest BCUT2D eigenvalue weighted by Gasteiger charge is 1.97. The highest BCUT2D eigenvalue weighted by molar-refractivity contribution is 5.84. The first-order valence-electron chi connectivity index (χ1n) is 3.78. The van der Waals surface area contributed by atoms with Crippen molar-refractivity contribution in [3.8, 4) is 0 Å². The number of aromatic amines is 1. The summed E-state index contributed by atoms with van der Waals surface area (Å²) in [6, 6.07) is 0. The Kier molecular flexibility index (Phi) is 3.22. The van der Waals surface area contributed by atoms with Gasteiger partial charge in [-0.2, -0.15) is 0 Å². The van der Waals surface area contributed by atoms with Crippen LogP contribution in [-0.4, -0.2) is 32.8 Å². The number of nitrogens with one attached hydrogen (secondary N) is 1. The molecule has 1 heterocycles. The Labute approximate surface area is 74.7 Å². The lowest BCUT2D eigenvalue weighted by molar-refractivity contribution is -0.131. The molecule has 3 N–H and O–H groups in total. The number of carboxylic acid groups (broad SMARTS) is 1. The van der Waals surface area contributed by atoms with Gasteiger partial charge in [-0.15, -0.1) is 0 Å². The molecule has 0 aromatic carbocycles. The molecule has 0 aliphatic carbocycles. The largest absolute Gasteiger partial charge is 0.478 e. The zero-order chi connectivity index (χ0) is 9.68. The van der Waals surface area contributed by atoms with Crippen LogP contribution >= 0.6 is 0 Å². The third-order valence-corrected chi connectivity index (χ3v) is 1.40. The summed E-state index contributed by atoms with van der Waals surface area (Å²) in [4.78, 5) is 16.9. The molecule has 0 saturated carbocycles. The van der Waals surface area contributed by atoms with Crippen LogP contribution in [0.3, 0.4) is 0 Å². The van der Waals surface area contributed by atoms with E-state index >= 15 is 0 Å². The Morgan fingerprint density at radius 2 is 2.46 bits per heavy atom. The number of H-pyrrole nitrogens is 1. The third kappa shape index (κ3) is 3.08. The summed E-state index contributed by atoms with van der Waals surface area (Å²) < 4.78 is 0. The molecule has 1 rings (SSSR count). The quantitative estimate of drug-likeness (QED) is 0.574. The first-order valence-corrected chi connectivity index (χ1v) is 3.78. The number of hydrogen-bond donors (Lipinski definition) is 3. The fourth-order valence-corrected chi connectivity index (χ4v) is 0.855.